The highest BCUT2D eigenvalue weighted by Crippen LogP contribution is 2.45. The van der Waals surface area contributed by atoms with Crippen molar-refractivity contribution in [2.24, 2.45) is 5.92 Å². The molecule has 240 valence electrons. The average Bonchev–Trinajstić information content (AvgIpc) is 3.45. The van der Waals surface area contributed by atoms with Gasteiger partial charge < -0.3 is 13.9 Å². The second-order valence-corrected chi connectivity index (χ2v) is 18.5. The van der Waals surface area contributed by atoms with E-state index in [1.165, 1.54) is 10.8 Å². The first-order valence-corrected chi connectivity index (χ1v) is 19.1. The van der Waals surface area contributed by atoms with Crippen LogP contribution >= 0.6 is 0 Å². The van der Waals surface area contributed by atoms with Crippen LogP contribution in [-0.2, 0) is 28.4 Å². The zero-order valence-corrected chi connectivity index (χ0v) is 28.1. The molecule has 3 aliphatic rings. The smallest absolute Gasteiger partial charge is 0.338 e. The summed E-state index contributed by atoms with van der Waals surface area (Å²) in [7, 11) is -2.20. The van der Waals surface area contributed by atoms with E-state index in [0.29, 0.717) is 24.3 Å². The number of carbonyl (C=O) groups is 2. The molecule has 44 heavy (non-hydrogen) atoms. The van der Waals surface area contributed by atoms with Crippen LogP contribution in [0.25, 0.3) is 0 Å². The molecule has 2 heterocycles. The number of ether oxygens (including phenoxy) is 2. The van der Waals surface area contributed by atoms with E-state index >= 15 is 0 Å². The van der Waals surface area contributed by atoms with Crippen molar-refractivity contribution in [1.82, 2.24) is 5.23 Å². The van der Waals surface area contributed by atoms with E-state index in [9.17, 15) is 9.59 Å². The van der Waals surface area contributed by atoms with Crippen LogP contribution in [0.1, 0.15) is 88.1 Å². The van der Waals surface area contributed by atoms with Crippen LogP contribution in [0.5, 0.6) is 0 Å². The highest BCUT2D eigenvalue weighted by Gasteiger charge is 2.51. The Morgan fingerprint density at radius 3 is 2.27 bits per heavy atom. The molecule has 5 rings (SSSR count). The molecule has 0 radical (unpaired) electrons. The molecule has 9 heteroatoms. The van der Waals surface area contributed by atoms with Crippen LogP contribution in [0.15, 0.2) is 60.7 Å². The van der Waals surface area contributed by atoms with Gasteiger partial charge in [-0.15, -0.1) is 0 Å². The van der Waals surface area contributed by atoms with Crippen molar-refractivity contribution >= 4 is 20.1 Å². The van der Waals surface area contributed by atoms with Crippen LogP contribution in [-0.4, -0.2) is 62.5 Å². The lowest BCUT2D eigenvalue weighted by Crippen LogP contribution is -2.51. The van der Waals surface area contributed by atoms with E-state index in [4.69, 9.17) is 23.6 Å². The number of Topliss-reactive ketones (excluding diaryl/α,β-unsaturated/α-hetero) is 1. The standard InChI is InChI=1S/C35H49NO7Si/c1-24(2)35(3,4)44(5,6)39-23-29(37)32-21-28-31(41-34(38)26-17-11-8-12-18-26)22-33(43-36(28)42-32)40-30-20-14-13-19-27(30)25-15-9-7-10-16-25/h7-12,15-18,24,27-28,30-33H,13-14,19-23H2,1-6H3/t27-,28+,30+,31-,32+,33-/m1/s1. The molecule has 2 aliphatic heterocycles. The molecule has 2 aromatic carbocycles. The molecule has 8 nitrogen and oxygen atoms in total. The quantitative estimate of drug-likeness (QED) is 0.192. The van der Waals surface area contributed by atoms with Crippen molar-refractivity contribution in [3.8, 4) is 0 Å². The van der Waals surface area contributed by atoms with E-state index in [1.54, 1.807) is 12.1 Å². The first kappa shape index (κ1) is 33.0. The Labute approximate surface area is 263 Å². The predicted octanol–water partition coefficient (Wildman–Crippen LogP) is 7.22. The number of nitrogens with zero attached hydrogens (tertiary/aromatic N) is 1. The second kappa shape index (κ2) is 13.9. The fourth-order valence-corrected chi connectivity index (χ4v) is 8.65. The van der Waals surface area contributed by atoms with Gasteiger partial charge in [0.05, 0.1) is 18.3 Å². The van der Waals surface area contributed by atoms with Gasteiger partial charge in [-0.25, -0.2) is 9.63 Å². The Hall–Kier alpha value is -2.40. The number of hydrogen-bond donors (Lipinski definition) is 0. The molecular formula is C35H49NO7Si. The van der Waals surface area contributed by atoms with Crippen LogP contribution in [0.2, 0.25) is 18.1 Å². The third-order valence-electron chi connectivity index (χ3n) is 10.5. The number of fused-ring (bicyclic) bond motifs is 1. The van der Waals surface area contributed by atoms with Crippen LogP contribution in [0.4, 0.5) is 0 Å². The van der Waals surface area contributed by atoms with Crippen molar-refractivity contribution in [2.75, 3.05) is 6.61 Å². The van der Waals surface area contributed by atoms with Crippen molar-refractivity contribution in [3.05, 3.63) is 71.8 Å². The van der Waals surface area contributed by atoms with Gasteiger partial charge in [-0.1, -0.05) is 94.3 Å². The van der Waals surface area contributed by atoms with Crippen molar-refractivity contribution in [3.63, 3.8) is 0 Å². The van der Waals surface area contributed by atoms with Crippen LogP contribution in [0.3, 0.4) is 0 Å². The molecule has 0 bridgehead atoms. The number of rotatable bonds is 11. The molecule has 2 saturated heterocycles. The summed E-state index contributed by atoms with van der Waals surface area (Å²) >= 11 is 0. The first-order chi connectivity index (χ1) is 21.0. The number of carbonyl (C=O) groups excluding carboxylic acids is 2. The summed E-state index contributed by atoms with van der Waals surface area (Å²) in [6.07, 6.45) is 2.83. The Balaban J connectivity index is 1.29. The third-order valence-corrected chi connectivity index (χ3v) is 15.0. The normalized spacial score (nSPS) is 28.1. The van der Waals surface area contributed by atoms with Crippen molar-refractivity contribution in [1.29, 1.82) is 0 Å². The summed E-state index contributed by atoms with van der Waals surface area (Å²) in [4.78, 5) is 38.9. The fourth-order valence-electron chi connectivity index (χ4n) is 6.39. The van der Waals surface area contributed by atoms with Gasteiger partial charge in [0.15, 0.2) is 20.4 Å². The van der Waals surface area contributed by atoms with Gasteiger partial charge in [0.25, 0.3) is 0 Å². The van der Waals surface area contributed by atoms with Gasteiger partial charge in [0, 0.05) is 18.8 Å². The first-order valence-electron chi connectivity index (χ1n) is 16.2. The molecule has 2 aromatic rings. The molecule has 0 spiro atoms. The summed E-state index contributed by atoms with van der Waals surface area (Å²) in [5.41, 5.74) is 1.73. The van der Waals surface area contributed by atoms with Gasteiger partial charge in [-0.2, -0.15) is 0 Å². The highest BCUT2D eigenvalue weighted by molar-refractivity contribution is 6.74. The SMILES string of the molecule is CC(C)C(C)(C)[Si](C)(C)OCC(=O)[C@@H]1C[C@H]2[C@H](OC(=O)c3ccccc3)C[C@H](O[C@H]3CCCC[C@@H]3c3ccccc3)ON2O1. The molecular weight excluding hydrogens is 574 g/mol. The molecule has 0 unspecified atom stereocenters. The molecule has 6 atom stereocenters. The number of ketones is 1. The molecule has 0 N–H and O–H groups in total. The Morgan fingerprint density at radius 1 is 0.932 bits per heavy atom. The minimum absolute atomic E-state index is 0.0115. The monoisotopic (exact) mass is 623 g/mol. The summed E-state index contributed by atoms with van der Waals surface area (Å²) in [6.45, 7) is 13.1. The van der Waals surface area contributed by atoms with E-state index in [2.05, 4.69) is 65.1 Å². The van der Waals surface area contributed by atoms with Crippen molar-refractivity contribution < 1.29 is 33.2 Å². The zero-order chi connectivity index (χ0) is 31.5. The zero-order valence-electron chi connectivity index (χ0n) is 27.1. The van der Waals surface area contributed by atoms with Gasteiger partial charge in [-0.3, -0.25) is 9.63 Å². The number of hydroxylamine groups is 2. The number of hydrogen-bond acceptors (Lipinski definition) is 8. The lowest BCUT2D eigenvalue weighted by molar-refractivity contribution is -0.446. The Morgan fingerprint density at radius 2 is 1.59 bits per heavy atom. The maximum absolute atomic E-state index is 13.4. The van der Waals surface area contributed by atoms with Crippen LogP contribution < -0.4 is 0 Å². The lowest BCUT2D eigenvalue weighted by Gasteiger charge is -2.42. The summed E-state index contributed by atoms with van der Waals surface area (Å²) in [5, 5.41) is 1.35. The minimum Gasteiger partial charge on any atom is -0.457 e. The summed E-state index contributed by atoms with van der Waals surface area (Å²) < 4.78 is 19.1. The minimum atomic E-state index is -2.20. The lowest BCUT2D eigenvalue weighted by atomic mass is 9.81. The van der Waals surface area contributed by atoms with Crippen LogP contribution in [0, 0.1) is 5.92 Å². The maximum Gasteiger partial charge on any atom is 0.338 e. The van der Waals surface area contributed by atoms with E-state index in [1.807, 2.05) is 24.3 Å². The summed E-state index contributed by atoms with van der Waals surface area (Å²) in [5.74, 6) is 0.125. The van der Waals surface area contributed by atoms with Gasteiger partial charge in [0.2, 0.25) is 0 Å². The molecule has 3 fully saturated rings. The number of benzene rings is 2. The number of esters is 1. The van der Waals surface area contributed by atoms with E-state index in [-0.39, 0.29) is 29.5 Å². The topological polar surface area (TPSA) is 83.5 Å². The maximum atomic E-state index is 13.4. The van der Waals surface area contributed by atoms with Gasteiger partial charge >= 0.3 is 5.97 Å². The molecule has 0 amide bonds. The molecule has 1 saturated carbocycles. The van der Waals surface area contributed by atoms with E-state index in [0.717, 1.165) is 25.7 Å². The molecule has 1 aliphatic carbocycles. The average molecular weight is 624 g/mol. The van der Waals surface area contributed by atoms with Gasteiger partial charge in [-0.05, 0) is 54.6 Å². The second-order valence-electron chi connectivity index (χ2n) is 13.9. The van der Waals surface area contributed by atoms with Crippen molar-refractivity contribution in [2.45, 2.75) is 121 Å². The summed E-state index contributed by atoms with van der Waals surface area (Å²) in [6, 6.07) is 19.0. The predicted molar refractivity (Wildman–Crippen MR) is 170 cm³/mol. The third kappa shape index (κ3) is 7.35. The molecule has 0 aromatic heterocycles. The highest BCUT2D eigenvalue weighted by atomic mass is 28.4. The van der Waals surface area contributed by atoms with Gasteiger partial charge in [0.1, 0.15) is 18.2 Å². The van der Waals surface area contributed by atoms with E-state index < -0.39 is 38.8 Å². The Bertz CT molecular complexity index is 1250. The largest absolute Gasteiger partial charge is 0.457 e. The fraction of sp³-hybridized carbons (Fsp3) is 0.600. The Kier molecular flexibility index (Phi) is 10.4.